The second-order valence-electron chi connectivity index (χ2n) is 7.11. The number of benzene rings is 3. The monoisotopic (exact) mass is 429 g/mol. The van der Waals surface area contributed by atoms with Crippen LogP contribution < -0.4 is 10.1 Å². The van der Waals surface area contributed by atoms with E-state index < -0.39 is 11.8 Å². The van der Waals surface area contributed by atoms with Crippen molar-refractivity contribution < 1.29 is 18.7 Å². The third-order valence-corrected chi connectivity index (χ3v) is 4.71. The van der Waals surface area contributed by atoms with Crippen LogP contribution in [-0.2, 0) is 9.59 Å². The van der Waals surface area contributed by atoms with Crippen molar-refractivity contribution in [2.75, 3.05) is 5.32 Å². The summed E-state index contributed by atoms with van der Waals surface area (Å²) < 4.78 is 21.9. The fourth-order valence-corrected chi connectivity index (χ4v) is 3.40. The van der Waals surface area contributed by atoms with Crippen LogP contribution >= 0.6 is 0 Å². The first-order valence-electron chi connectivity index (χ1n) is 9.94. The highest BCUT2D eigenvalue weighted by Crippen LogP contribution is 2.41. The first-order chi connectivity index (χ1) is 15.4. The maximum Gasteiger partial charge on any atom is 0.309 e. The zero-order valence-corrected chi connectivity index (χ0v) is 17.5. The highest BCUT2D eigenvalue weighted by molar-refractivity contribution is 5.91. The number of hydrogen-bond donors (Lipinski definition) is 1. The van der Waals surface area contributed by atoms with Gasteiger partial charge in [0.25, 0.3) is 0 Å². The first kappa shape index (κ1) is 21.0. The molecule has 3 aromatic carbocycles. The number of esters is 1. The number of hydrogen-bond acceptors (Lipinski definition) is 4. The van der Waals surface area contributed by atoms with Crippen molar-refractivity contribution in [1.82, 2.24) is 9.78 Å². The molecular formula is C25H20FN3O3. The summed E-state index contributed by atoms with van der Waals surface area (Å²) in [5, 5.41) is 7.35. The number of aromatic nitrogens is 2. The SMILES string of the molecule is CC(=O)Nc1ccc(-c2c(-c3ccccc3F)nn(-c3ccccc3)c2OC(C)=O)cc1. The Morgan fingerprint density at radius 2 is 1.56 bits per heavy atom. The predicted molar refractivity (Wildman–Crippen MR) is 120 cm³/mol. The number of rotatable bonds is 5. The molecular weight excluding hydrogens is 409 g/mol. The van der Waals surface area contributed by atoms with Gasteiger partial charge in [0, 0.05) is 25.1 Å². The molecule has 4 aromatic rings. The van der Waals surface area contributed by atoms with Crippen molar-refractivity contribution in [3.63, 3.8) is 0 Å². The van der Waals surface area contributed by atoms with Gasteiger partial charge >= 0.3 is 5.97 Å². The summed E-state index contributed by atoms with van der Waals surface area (Å²) in [4.78, 5) is 23.3. The number of carbonyl (C=O) groups is 2. The van der Waals surface area contributed by atoms with Gasteiger partial charge in [-0.2, -0.15) is 9.78 Å². The van der Waals surface area contributed by atoms with E-state index in [2.05, 4.69) is 10.4 Å². The molecule has 0 bridgehead atoms. The van der Waals surface area contributed by atoms with Gasteiger partial charge in [-0.15, -0.1) is 0 Å². The highest BCUT2D eigenvalue weighted by atomic mass is 19.1. The fourth-order valence-electron chi connectivity index (χ4n) is 3.40. The van der Waals surface area contributed by atoms with E-state index >= 15 is 0 Å². The standard InChI is InChI=1S/C25H20FN3O3/c1-16(30)27-19-14-12-18(13-15-19)23-24(21-10-6-7-11-22(21)26)28-29(25(23)32-17(2)31)20-8-4-3-5-9-20/h3-15H,1-2H3,(H,27,30). The summed E-state index contributed by atoms with van der Waals surface area (Å²) in [6, 6.07) is 22.4. The Bertz CT molecular complexity index is 1280. The van der Waals surface area contributed by atoms with E-state index in [4.69, 9.17) is 4.74 Å². The van der Waals surface area contributed by atoms with Gasteiger partial charge in [-0.25, -0.2) is 4.39 Å². The number of halogens is 1. The summed E-state index contributed by atoms with van der Waals surface area (Å²) in [5.41, 5.74) is 2.98. The molecule has 0 aliphatic carbocycles. The Hall–Kier alpha value is -4.26. The Morgan fingerprint density at radius 1 is 0.906 bits per heavy atom. The van der Waals surface area contributed by atoms with E-state index in [1.165, 1.54) is 24.6 Å². The normalized spacial score (nSPS) is 10.6. The lowest BCUT2D eigenvalue weighted by Gasteiger charge is -2.10. The lowest BCUT2D eigenvalue weighted by atomic mass is 10.0. The molecule has 0 saturated carbocycles. The van der Waals surface area contributed by atoms with Crippen LogP contribution in [-0.4, -0.2) is 21.7 Å². The fraction of sp³-hybridized carbons (Fsp3) is 0.0800. The van der Waals surface area contributed by atoms with Crippen molar-refractivity contribution in [1.29, 1.82) is 0 Å². The van der Waals surface area contributed by atoms with Crippen LogP contribution in [0.5, 0.6) is 5.88 Å². The highest BCUT2D eigenvalue weighted by Gasteiger charge is 2.25. The third kappa shape index (κ3) is 4.27. The molecule has 0 aliphatic heterocycles. The maximum atomic E-state index is 14.8. The lowest BCUT2D eigenvalue weighted by molar-refractivity contribution is -0.132. The van der Waals surface area contributed by atoms with Gasteiger partial charge in [0.1, 0.15) is 11.5 Å². The second-order valence-corrected chi connectivity index (χ2v) is 7.11. The quantitative estimate of drug-likeness (QED) is 0.441. The Morgan fingerprint density at radius 3 is 2.19 bits per heavy atom. The minimum Gasteiger partial charge on any atom is -0.407 e. The topological polar surface area (TPSA) is 73.2 Å². The summed E-state index contributed by atoms with van der Waals surface area (Å²) in [6.45, 7) is 2.72. The molecule has 0 unspecified atom stereocenters. The molecule has 0 saturated heterocycles. The Labute approximate surface area is 184 Å². The molecule has 0 atom stereocenters. The molecule has 1 heterocycles. The van der Waals surface area contributed by atoms with E-state index in [0.29, 0.717) is 28.2 Å². The van der Waals surface area contributed by atoms with Gasteiger partial charge in [0.15, 0.2) is 0 Å². The van der Waals surface area contributed by atoms with Gasteiger partial charge in [0.2, 0.25) is 11.8 Å². The third-order valence-electron chi connectivity index (χ3n) is 4.71. The first-order valence-corrected chi connectivity index (χ1v) is 9.94. The molecule has 0 fully saturated rings. The average molecular weight is 429 g/mol. The minimum atomic E-state index is -0.529. The number of anilines is 1. The number of nitrogens with zero attached hydrogens (tertiary/aromatic N) is 2. The summed E-state index contributed by atoms with van der Waals surface area (Å²) in [6.07, 6.45) is 0. The van der Waals surface area contributed by atoms with E-state index in [1.54, 1.807) is 42.5 Å². The van der Waals surface area contributed by atoms with Gasteiger partial charge in [-0.05, 0) is 42.0 Å². The molecule has 7 heteroatoms. The molecule has 160 valence electrons. The zero-order valence-electron chi connectivity index (χ0n) is 17.5. The molecule has 4 rings (SSSR count). The largest absolute Gasteiger partial charge is 0.407 e. The molecule has 0 spiro atoms. The molecule has 1 N–H and O–H groups in total. The lowest BCUT2D eigenvalue weighted by Crippen LogP contribution is -2.08. The summed E-state index contributed by atoms with van der Waals surface area (Å²) in [7, 11) is 0. The van der Waals surface area contributed by atoms with E-state index in [0.717, 1.165) is 0 Å². The van der Waals surface area contributed by atoms with Crippen molar-refractivity contribution in [3.05, 3.63) is 84.7 Å². The van der Waals surface area contributed by atoms with Crippen molar-refractivity contribution >= 4 is 17.6 Å². The molecule has 0 aliphatic rings. The average Bonchev–Trinajstić information content (AvgIpc) is 3.13. The van der Waals surface area contributed by atoms with E-state index in [9.17, 15) is 14.0 Å². The van der Waals surface area contributed by atoms with Crippen LogP contribution in [0.25, 0.3) is 28.1 Å². The van der Waals surface area contributed by atoms with Gasteiger partial charge in [-0.1, -0.05) is 42.5 Å². The minimum absolute atomic E-state index is 0.175. The number of nitrogens with one attached hydrogen (secondary N) is 1. The number of amides is 1. The molecule has 0 radical (unpaired) electrons. The van der Waals surface area contributed by atoms with Crippen LogP contribution in [0.15, 0.2) is 78.9 Å². The van der Waals surface area contributed by atoms with Crippen LogP contribution in [0.3, 0.4) is 0 Å². The van der Waals surface area contributed by atoms with Gasteiger partial charge < -0.3 is 10.1 Å². The van der Waals surface area contributed by atoms with Gasteiger partial charge in [-0.3, -0.25) is 9.59 Å². The maximum absolute atomic E-state index is 14.8. The molecule has 6 nitrogen and oxygen atoms in total. The molecule has 32 heavy (non-hydrogen) atoms. The number of ether oxygens (including phenoxy) is 1. The zero-order chi connectivity index (χ0) is 22.7. The number of para-hydroxylation sites is 1. The van der Waals surface area contributed by atoms with E-state index in [-0.39, 0.29) is 17.4 Å². The van der Waals surface area contributed by atoms with Crippen molar-refractivity contribution in [2.24, 2.45) is 0 Å². The van der Waals surface area contributed by atoms with Gasteiger partial charge in [0.05, 0.1) is 11.3 Å². The predicted octanol–water partition coefficient (Wildman–Crippen LogP) is 5.23. The van der Waals surface area contributed by atoms with Crippen LogP contribution in [0.2, 0.25) is 0 Å². The van der Waals surface area contributed by atoms with Crippen LogP contribution in [0.1, 0.15) is 13.8 Å². The van der Waals surface area contributed by atoms with E-state index in [1.807, 2.05) is 30.3 Å². The second kappa shape index (κ2) is 8.85. The molecule has 1 amide bonds. The Balaban J connectivity index is 1.99. The van der Waals surface area contributed by atoms with Crippen molar-refractivity contribution in [3.8, 4) is 34.0 Å². The molecule has 1 aromatic heterocycles. The van der Waals surface area contributed by atoms with Crippen LogP contribution in [0.4, 0.5) is 10.1 Å². The van der Waals surface area contributed by atoms with Crippen LogP contribution in [0, 0.1) is 5.82 Å². The number of carbonyl (C=O) groups excluding carboxylic acids is 2. The smallest absolute Gasteiger partial charge is 0.309 e. The summed E-state index contributed by atoms with van der Waals surface area (Å²) in [5.74, 6) is -0.995. The van der Waals surface area contributed by atoms with Crippen molar-refractivity contribution in [2.45, 2.75) is 13.8 Å². The summed E-state index contributed by atoms with van der Waals surface area (Å²) >= 11 is 0. The Kier molecular flexibility index (Phi) is 5.81.